The third kappa shape index (κ3) is 2.60. The SMILES string of the molecule is CC(C)(C)c1ccc(C(O)C2(O)CCCC2)cc1. The Bertz CT molecular complexity index is 394. The minimum absolute atomic E-state index is 0.119. The zero-order chi connectivity index (χ0) is 13.4. The predicted octanol–water partition coefficient (Wildman–Crippen LogP) is 3.32. The lowest BCUT2D eigenvalue weighted by molar-refractivity contribution is -0.0719. The topological polar surface area (TPSA) is 40.5 Å². The van der Waals surface area contributed by atoms with Crippen molar-refractivity contribution in [3.63, 3.8) is 0 Å². The van der Waals surface area contributed by atoms with Crippen molar-refractivity contribution in [2.75, 3.05) is 0 Å². The quantitative estimate of drug-likeness (QED) is 0.843. The molecule has 0 saturated heterocycles. The van der Waals surface area contributed by atoms with Crippen LogP contribution in [0.2, 0.25) is 0 Å². The molecule has 1 atom stereocenters. The van der Waals surface area contributed by atoms with E-state index in [0.29, 0.717) is 12.8 Å². The minimum atomic E-state index is -0.913. The molecule has 2 N–H and O–H groups in total. The molecule has 0 heterocycles. The summed E-state index contributed by atoms with van der Waals surface area (Å²) in [6.45, 7) is 6.51. The second kappa shape index (κ2) is 4.67. The molecule has 18 heavy (non-hydrogen) atoms. The van der Waals surface area contributed by atoms with E-state index in [1.807, 2.05) is 12.1 Å². The fraction of sp³-hybridized carbons (Fsp3) is 0.625. The van der Waals surface area contributed by atoms with Gasteiger partial charge in [-0.1, -0.05) is 57.9 Å². The molecule has 0 aliphatic heterocycles. The third-order valence-electron chi connectivity index (χ3n) is 4.07. The van der Waals surface area contributed by atoms with Gasteiger partial charge in [0.15, 0.2) is 0 Å². The van der Waals surface area contributed by atoms with Crippen LogP contribution in [0, 0.1) is 0 Å². The van der Waals surface area contributed by atoms with Crippen LogP contribution in [0.1, 0.15) is 63.7 Å². The van der Waals surface area contributed by atoms with Gasteiger partial charge in [-0.25, -0.2) is 0 Å². The van der Waals surface area contributed by atoms with Gasteiger partial charge in [-0.15, -0.1) is 0 Å². The van der Waals surface area contributed by atoms with Crippen LogP contribution < -0.4 is 0 Å². The highest BCUT2D eigenvalue weighted by molar-refractivity contribution is 5.30. The highest BCUT2D eigenvalue weighted by Gasteiger charge is 2.39. The van der Waals surface area contributed by atoms with Crippen LogP contribution >= 0.6 is 0 Å². The first-order valence-corrected chi connectivity index (χ1v) is 6.84. The fourth-order valence-corrected chi connectivity index (χ4v) is 2.74. The maximum atomic E-state index is 10.4. The fourth-order valence-electron chi connectivity index (χ4n) is 2.74. The van der Waals surface area contributed by atoms with Gasteiger partial charge in [-0.3, -0.25) is 0 Å². The van der Waals surface area contributed by atoms with E-state index in [1.54, 1.807) is 0 Å². The summed E-state index contributed by atoms with van der Waals surface area (Å²) in [6.07, 6.45) is 2.67. The Morgan fingerprint density at radius 1 is 1.06 bits per heavy atom. The Kier molecular flexibility index (Phi) is 3.52. The van der Waals surface area contributed by atoms with Crippen LogP contribution in [0.4, 0.5) is 0 Å². The van der Waals surface area contributed by atoms with E-state index in [9.17, 15) is 10.2 Å². The van der Waals surface area contributed by atoms with Crippen LogP contribution in [0.5, 0.6) is 0 Å². The Balaban J connectivity index is 2.19. The molecule has 1 aromatic rings. The van der Waals surface area contributed by atoms with Gasteiger partial charge >= 0.3 is 0 Å². The van der Waals surface area contributed by atoms with Gasteiger partial charge in [0, 0.05) is 0 Å². The molecule has 0 spiro atoms. The van der Waals surface area contributed by atoms with E-state index >= 15 is 0 Å². The van der Waals surface area contributed by atoms with Crippen molar-refractivity contribution in [1.29, 1.82) is 0 Å². The molecule has 0 bridgehead atoms. The average molecular weight is 248 g/mol. The van der Waals surface area contributed by atoms with E-state index in [-0.39, 0.29) is 5.41 Å². The number of hydrogen-bond acceptors (Lipinski definition) is 2. The summed E-state index contributed by atoms with van der Waals surface area (Å²) in [5.74, 6) is 0. The molecule has 2 nitrogen and oxygen atoms in total. The molecule has 2 rings (SSSR count). The summed E-state index contributed by atoms with van der Waals surface area (Å²) in [4.78, 5) is 0. The lowest BCUT2D eigenvalue weighted by Gasteiger charge is -2.29. The van der Waals surface area contributed by atoms with Gasteiger partial charge in [0.2, 0.25) is 0 Å². The average Bonchev–Trinajstić information content (AvgIpc) is 2.75. The molecule has 1 aromatic carbocycles. The first kappa shape index (κ1) is 13.6. The number of hydrogen-bond donors (Lipinski definition) is 2. The van der Waals surface area contributed by atoms with Crippen LogP contribution in [0.3, 0.4) is 0 Å². The molecule has 0 amide bonds. The van der Waals surface area contributed by atoms with Crippen LogP contribution in [0.15, 0.2) is 24.3 Å². The summed E-state index contributed by atoms with van der Waals surface area (Å²) < 4.78 is 0. The highest BCUT2D eigenvalue weighted by Crippen LogP contribution is 2.40. The number of aliphatic hydroxyl groups excluding tert-OH is 1. The van der Waals surface area contributed by atoms with Crippen LogP contribution in [-0.2, 0) is 5.41 Å². The van der Waals surface area contributed by atoms with Crippen molar-refractivity contribution < 1.29 is 10.2 Å². The van der Waals surface area contributed by atoms with Gasteiger partial charge in [0.1, 0.15) is 6.10 Å². The molecule has 2 heteroatoms. The molecule has 1 fully saturated rings. The first-order chi connectivity index (χ1) is 8.33. The standard InChI is InChI=1S/C16H24O2/c1-15(2,3)13-8-6-12(7-9-13)14(17)16(18)10-4-5-11-16/h6-9,14,17-18H,4-5,10-11H2,1-3H3. The normalized spacial score (nSPS) is 20.9. The molecule has 1 unspecified atom stereocenters. The first-order valence-electron chi connectivity index (χ1n) is 6.84. The Labute approximate surface area is 110 Å². The zero-order valence-electron chi connectivity index (χ0n) is 11.6. The van der Waals surface area contributed by atoms with E-state index in [0.717, 1.165) is 18.4 Å². The van der Waals surface area contributed by atoms with Crippen molar-refractivity contribution >= 4 is 0 Å². The van der Waals surface area contributed by atoms with E-state index in [1.165, 1.54) is 5.56 Å². The van der Waals surface area contributed by atoms with Crippen molar-refractivity contribution in [3.8, 4) is 0 Å². The van der Waals surface area contributed by atoms with Crippen molar-refractivity contribution in [3.05, 3.63) is 35.4 Å². The monoisotopic (exact) mass is 248 g/mol. The number of rotatable bonds is 2. The van der Waals surface area contributed by atoms with E-state index < -0.39 is 11.7 Å². The summed E-state index contributed by atoms with van der Waals surface area (Å²) in [6, 6.07) is 8.00. The highest BCUT2D eigenvalue weighted by atomic mass is 16.3. The number of benzene rings is 1. The lowest BCUT2D eigenvalue weighted by atomic mass is 9.84. The zero-order valence-corrected chi connectivity index (χ0v) is 11.6. The molecule has 0 radical (unpaired) electrons. The second-order valence-electron chi connectivity index (χ2n) is 6.59. The summed E-state index contributed by atoms with van der Waals surface area (Å²) >= 11 is 0. The van der Waals surface area contributed by atoms with Gasteiger partial charge in [0.05, 0.1) is 5.60 Å². The molecule has 100 valence electrons. The van der Waals surface area contributed by atoms with E-state index in [4.69, 9.17) is 0 Å². The third-order valence-corrected chi connectivity index (χ3v) is 4.07. The largest absolute Gasteiger partial charge is 0.387 e. The maximum Gasteiger partial charge on any atom is 0.108 e. The van der Waals surface area contributed by atoms with E-state index in [2.05, 4.69) is 32.9 Å². The second-order valence-corrected chi connectivity index (χ2v) is 6.59. The van der Waals surface area contributed by atoms with Gasteiger partial charge in [-0.05, 0) is 29.4 Å². The minimum Gasteiger partial charge on any atom is -0.387 e. The van der Waals surface area contributed by atoms with Crippen LogP contribution in [-0.4, -0.2) is 15.8 Å². The van der Waals surface area contributed by atoms with Crippen molar-refractivity contribution in [2.24, 2.45) is 0 Å². The lowest BCUT2D eigenvalue weighted by Crippen LogP contribution is -2.32. The molecular formula is C16H24O2. The summed E-state index contributed by atoms with van der Waals surface area (Å²) in [5, 5.41) is 20.7. The molecular weight excluding hydrogens is 224 g/mol. The predicted molar refractivity (Wildman–Crippen MR) is 73.5 cm³/mol. The summed E-state index contributed by atoms with van der Waals surface area (Å²) in [7, 11) is 0. The molecule has 1 aliphatic carbocycles. The number of aliphatic hydroxyl groups is 2. The van der Waals surface area contributed by atoms with Crippen molar-refractivity contribution in [1.82, 2.24) is 0 Å². The Morgan fingerprint density at radius 2 is 1.56 bits per heavy atom. The molecule has 1 saturated carbocycles. The molecule has 1 aliphatic rings. The van der Waals surface area contributed by atoms with Gasteiger partial charge in [0.25, 0.3) is 0 Å². The van der Waals surface area contributed by atoms with Crippen molar-refractivity contribution in [2.45, 2.75) is 63.6 Å². The van der Waals surface area contributed by atoms with Crippen LogP contribution in [0.25, 0.3) is 0 Å². The van der Waals surface area contributed by atoms with Gasteiger partial charge < -0.3 is 10.2 Å². The summed E-state index contributed by atoms with van der Waals surface area (Å²) in [5.41, 5.74) is 1.28. The Hall–Kier alpha value is -0.860. The smallest absolute Gasteiger partial charge is 0.108 e. The maximum absolute atomic E-state index is 10.4. The molecule has 0 aromatic heterocycles. The Morgan fingerprint density at radius 3 is 2.00 bits per heavy atom. The van der Waals surface area contributed by atoms with Gasteiger partial charge in [-0.2, -0.15) is 0 Å².